The van der Waals surface area contributed by atoms with E-state index in [0.29, 0.717) is 0 Å². The van der Waals surface area contributed by atoms with Gasteiger partial charge in [-0.15, -0.1) is 5.10 Å². The van der Waals surface area contributed by atoms with E-state index in [-0.39, 0.29) is 33.3 Å². The first kappa shape index (κ1) is 29.9. The van der Waals surface area contributed by atoms with Crippen LogP contribution in [0.15, 0.2) is 102 Å². The molecule has 1 aliphatic heterocycles. The van der Waals surface area contributed by atoms with Crippen LogP contribution >= 0.6 is 0 Å². The summed E-state index contributed by atoms with van der Waals surface area (Å²) in [5.41, 5.74) is 5.11. The molecule has 0 unspecified atom stereocenters. The van der Waals surface area contributed by atoms with Gasteiger partial charge in [0.05, 0.1) is 22.3 Å². The van der Waals surface area contributed by atoms with Crippen molar-refractivity contribution >= 4 is 34.8 Å². The molecule has 232 valence electrons. The number of amides is 1. The number of aromatic nitrogens is 4. The fourth-order valence-corrected chi connectivity index (χ4v) is 5.08. The first-order valence-electron chi connectivity index (χ1n) is 14.0. The maximum absolute atomic E-state index is 13.4. The second-order valence-corrected chi connectivity index (χ2v) is 10.2. The van der Waals surface area contributed by atoms with Gasteiger partial charge < -0.3 is 24.7 Å². The molecule has 5 aromatic rings. The van der Waals surface area contributed by atoms with Crippen molar-refractivity contribution in [1.29, 1.82) is 0 Å². The van der Waals surface area contributed by atoms with Gasteiger partial charge in [0.15, 0.2) is 24.1 Å². The molecule has 6 rings (SSSR count). The Labute approximate surface area is 259 Å². The van der Waals surface area contributed by atoms with E-state index in [2.05, 4.69) is 15.4 Å². The van der Waals surface area contributed by atoms with Crippen molar-refractivity contribution in [3.8, 4) is 0 Å². The smallest absolute Gasteiger partial charge is 0.338 e. The first-order chi connectivity index (χ1) is 22.3. The predicted molar refractivity (Wildman–Crippen MR) is 159 cm³/mol. The van der Waals surface area contributed by atoms with Crippen molar-refractivity contribution in [3.05, 3.63) is 130 Å². The molecule has 0 bridgehead atoms. The molecule has 14 heteroatoms. The van der Waals surface area contributed by atoms with Crippen LogP contribution in [-0.2, 0) is 18.9 Å². The summed E-state index contributed by atoms with van der Waals surface area (Å²) in [6, 6.07) is 24.3. The van der Waals surface area contributed by atoms with Crippen molar-refractivity contribution in [3.63, 3.8) is 0 Å². The van der Waals surface area contributed by atoms with Gasteiger partial charge in [-0.2, -0.15) is 0 Å². The molecule has 1 saturated heterocycles. The Balaban J connectivity index is 1.43. The molecule has 46 heavy (non-hydrogen) atoms. The summed E-state index contributed by atoms with van der Waals surface area (Å²) >= 11 is 0. The van der Waals surface area contributed by atoms with Crippen LogP contribution in [0, 0.1) is 0 Å². The SMILES string of the molecule is NC(=O)c1cn([C@@H]2O[C@H](COC(=O)c3ccccc3)[C@@H](OC(=O)c3ccccc3)[C@H]2OC(=O)c2ccccc2)c2nn[nH]c(=O)c12. The summed E-state index contributed by atoms with van der Waals surface area (Å²) in [5.74, 6) is -3.20. The third kappa shape index (κ3) is 5.96. The number of rotatable bonds is 9. The number of hydrogen-bond acceptors (Lipinski definition) is 11. The minimum absolute atomic E-state index is 0.127. The minimum Gasteiger partial charge on any atom is -0.459 e. The third-order valence-corrected chi connectivity index (χ3v) is 7.25. The molecule has 14 nitrogen and oxygen atoms in total. The zero-order valence-corrected chi connectivity index (χ0v) is 23.8. The lowest BCUT2D eigenvalue weighted by molar-refractivity contribution is -0.0605. The van der Waals surface area contributed by atoms with Crippen molar-refractivity contribution in [1.82, 2.24) is 20.0 Å². The van der Waals surface area contributed by atoms with Crippen LogP contribution in [0.1, 0.15) is 47.7 Å². The first-order valence-corrected chi connectivity index (χ1v) is 14.0. The van der Waals surface area contributed by atoms with Gasteiger partial charge in [-0.3, -0.25) is 14.2 Å². The van der Waals surface area contributed by atoms with Gasteiger partial charge in [-0.25, -0.2) is 19.5 Å². The summed E-state index contributed by atoms with van der Waals surface area (Å²) in [6.07, 6.45) is -4.15. The average molecular weight is 624 g/mol. The van der Waals surface area contributed by atoms with Gasteiger partial charge >= 0.3 is 17.9 Å². The largest absolute Gasteiger partial charge is 0.459 e. The molecule has 1 aliphatic rings. The lowest BCUT2D eigenvalue weighted by Crippen LogP contribution is -2.41. The maximum atomic E-state index is 13.4. The monoisotopic (exact) mass is 623 g/mol. The van der Waals surface area contributed by atoms with E-state index in [9.17, 15) is 24.0 Å². The Morgan fingerprint density at radius 2 is 1.30 bits per heavy atom. The second kappa shape index (κ2) is 12.8. The highest BCUT2D eigenvalue weighted by Gasteiger charge is 2.52. The summed E-state index contributed by atoms with van der Waals surface area (Å²) in [4.78, 5) is 64.6. The van der Waals surface area contributed by atoms with E-state index < -0.39 is 60.5 Å². The van der Waals surface area contributed by atoms with Crippen LogP contribution in [0.4, 0.5) is 0 Å². The second-order valence-electron chi connectivity index (χ2n) is 10.2. The van der Waals surface area contributed by atoms with Crippen molar-refractivity contribution in [2.45, 2.75) is 24.5 Å². The Morgan fingerprint density at radius 3 is 1.85 bits per heavy atom. The number of carbonyl (C=O) groups excluding carboxylic acids is 4. The van der Waals surface area contributed by atoms with E-state index in [0.717, 1.165) is 0 Å². The van der Waals surface area contributed by atoms with Crippen LogP contribution in [-0.4, -0.2) is 68.7 Å². The van der Waals surface area contributed by atoms with Crippen LogP contribution in [0.3, 0.4) is 0 Å². The number of carbonyl (C=O) groups is 4. The average Bonchev–Trinajstić information content (AvgIpc) is 3.64. The van der Waals surface area contributed by atoms with Crippen molar-refractivity contribution in [2.24, 2.45) is 5.73 Å². The molecule has 2 aromatic heterocycles. The van der Waals surface area contributed by atoms with Crippen molar-refractivity contribution in [2.75, 3.05) is 6.61 Å². The normalized spacial score (nSPS) is 19.0. The van der Waals surface area contributed by atoms with E-state index in [4.69, 9.17) is 24.7 Å². The summed E-state index contributed by atoms with van der Waals surface area (Å²) < 4.78 is 24.9. The topological polar surface area (TPSA) is 195 Å². The van der Waals surface area contributed by atoms with E-state index in [1.165, 1.54) is 35.0 Å². The zero-order valence-electron chi connectivity index (χ0n) is 23.8. The van der Waals surface area contributed by atoms with Crippen LogP contribution in [0.25, 0.3) is 11.0 Å². The number of ether oxygens (including phenoxy) is 4. The highest BCUT2D eigenvalue weighted by atomic mass is 16.7. The molecule has 1 fully saturated rings. The number of fused-ring (bicyclic) bond motifs is 1. The Morgan fingerprint density at radius 1 is 0.783 bits per heavy atom. The standard InChI is InChI=1S/C32H25N5O9/c33-26(38)21-16-37(27-23(21)28(39)35-36-34-27)29-25(46-32(42)20-14-8-3-9-15-20)24(45-31(41)19-12-6-2-7-13-19)22(44-29)17-43-30(40)18-10-4-1-5-11-18/h1-16,22,24-25,29H,17H2,(H2,33,38)(H,34,35,39)/t22-,24-,25-,29-/m1/s1. The van der Waals surface area contributed by atoms with Gasteiger partial charge in [-0.1, -0.05) is 59.8 Å². The highest BCUT2D eigenvalue weighted by Crippen LogP contribution is 2.37. The zero-order chi connectivity index (χ0) is 32.2. The number of nitrogens with one attached hydrogen (secondary N) is 1. The maximum Gasteiger partial charge on any atom is 0.338 e. The number of esters is 3. The predicted octanol–water partition coefficient (Wildman–Crippen LogP) is 2.42. The highest BCUT2D eigenvalue weighted by molar-refractivity contribution is 6.05. The van der Waals surface area contributed by atoms with Gasteiger partial charge in [0.2, 0.25) is 0 Å². The summed E-state index contributed by atoms with van der Waals surface area (Å²) in [7, 11) is 0. The quantitative estimate of drug-likeness (QED) is 0.181. The van der Waals surface area contributed by atoms with E-state index in [1.54, 1.807) is 66.7 Å². The Kier molecular flexibility index (Phi) is 8.34. The lowest BCUT2D eigenvalue weighted by atomic mass is 10.1. The molecular weight excluding hydrogens is 598 g/mol. The molecule has 0 aliphatic carbocycles. The fourth-order valence-electron chi connectivity index (χ4n) is 5.08. The number of aromatic amines is 1. The molecular formula is C32H25N5O9. The molecule has 0 radical (unpaired) electrons. The van der Waals surface area contributed by atoms with Crippen LogP contribution in [0.5, 0.6) is 0 Å². The number of nitrogens with zero attached hydrogens (tertiary/aromatic N) is 3. The molecule has 0 saturated carbocycles. The number of primary amides is 1. The van der Waals surface area contributed by atoms with Crippen molar-refractivity contribution < 1.29 is 38.1 Å². The number of hydrogen-bond donors (Lipinski definition) is 2. The molecule has 1 amide bonds. The lowest BCUT2D eigenvalue weighted by Gasteiger charge is -2.25. The van der Waals surface area contributed by atoms with Crippen LogP contribution in [0.2, 0.25) is 0 Å². The molecule has 3 heterocycles. The Hall–Kier alpha value is -6.15. The Bertz CT molecular complexity index is 1960. The fraction of sp³-hybridized carbons (Fsp3) is 0.156. The van der Waals surface area contributed by atoms with E-state index >= 15 is 0 Å². The third-order valence-electron chi connectivity index (χ3n) is 7.25. The van der Waals surface area contributed by atoms with Gasteiger partial charge in [0.25, 0.3) is 11.5 Å². The summed E-state index contributed by atoms with van der Waals surface area (Å²) in [6.45, 7) is -0.440. The number of benzene rings is 3. The molecule has 3 N–H and O–H groups in total. The molecule has 0 spiro atoms. The number of H-pyrrole nitrogens is 1. The number of nitrogens with two attached hydrogens (primary N) is 1. The molecule has 4 atom stereocenters. The van der Waals surface area contributed by atoms with Gasteiger partial charge in [0.1, 0.15) is 18.1 Å². The van der Waals surface area contributed by atoms with Gasteiger partial charge in [-0.05, 0) is 36.4 Å². The minimum atomic E-state index is -1.42. The van der Waals surface area contributed by atoms with Crippen LogP contribution < -0.4 is 11.3 Å². The van der Waals surface area contributed by atoms with Gasteiger partial charge in [0, 0.05) is 6.20 Å². The molecule has 3 aromatic carbocycles. The summed E-state index contributed by atoms with van der Waals surface area (Å²) in [5, 5.41) is 9.53. The van der Waals surface area contributed by atoms with E-state index in [1.807, 2.05) is 0 Å².